The van der Waals surface area contributed by atoms with Gasteiger partial charge < -0.3 is 14.4 Å². The predicted molar refractivity (Wildman–Crippen MR) is 58.7 cm³/mol. The van der Waals surface area contributed by atoms with E-state index in [9.17, 15) is 0 Å². The van der Waals surface area contributed by atoms with Gasteiger partial charge in [-0.05, 0) is 13.2 Å². The van der Waals surface area contributed by atoms with E-state index in [-0.39, 0.29) is 6.61 Å². The molecule has 1 unspecified atom stereocenters. The number of aliphatic hydroxyl groups excluding tert-OH is 1. The number of hydrogen-bond acceptors (Lipinski definition) is 5. The first-order valence-corrected chi connectivity index (χ1v) is 5.85. The van der Waals surface area contributed by atoms with Gasteiger partial charge in [0, 0.05) is 18.8 Å². The van der Waals surface area contributed by atoms with Crippen molar-refractivity contribution in [3.8, 4) is 0 Å². The number of aliphatic hydroxyl groups is 1. The van der Waals surface area contributed by atoms with E-state index in [1.807, 2.05) is 11.9 Å². The van der Waals surface area contributed by atoms with Crippen molar-refractivity contribution in [2.45, 2.75) is 19.6 Å². The van der Waals surface area contributed by atoms with Gasteiger partial charge in [0.2, 0.25) is 0 Å². The maximum Gasteiger partial charge on any atom is 0.297 e. The Bertz CT molecular complexity index is 278. The zero-order valence-corrected chi connectivity index (χ0v) is 9.54. The molecule has 0 spiro atoms. The molecule has 1 rings (SSSR count). The summed E-state index contributed by atoms with van der Waals surface area (Å²) in [6, 6.07) is 0.936. The van der Waals surface area contributed by atoms with Crippen LogP contribution in [0.3, 0.4) is 0 Å². The molecule has 1 heterocycles. The van der Waals surface area contributed by atoms with Crippen LogP contribution in [-0.2, 0) is 6.61 Å². The van der Waals surface area contributed by atoms with E-state index in [4.69, 9.17) is 9.52 Å². The maximum atomic E-state index is 8.83. The molecule has 0 aromatic carbocycles. The molecule has 80 valence electrons. The van der Waals surface area contributed by atoms with Gasteiger partial charge in [-0.3, -0.25) is 0 Å². The Morgan fingerprint density at radius 3 is 2.93 bits per heavy atom. The molecular formula is C9H16N2O2S. The van der Waals surface area contributed by atoms with Gasteiger partial charge >= 0.3 is 0 Å². The lowest BCUT2D eigenvalue weighted by Gasteiger charge is -2.21. The largest absolute Gasteiger partial charge is 0.432 e. The number of rotatable bonds is 5. The predicted octanol–water partition coefficient (Wildman–Crippen LogP) is 1.35. The summed E-state index contributed by atoms with van der Waals surface area (Å²) in [6.07, 6.45) is 3.55. The number of oxazole rings is 1. The molecule has 0 aliphatic carbocycles. The Morgan fingerprint density at radius 1 is 1.71 bits per heavy atom. The third-order valence-corrected chi connectivity index (χ3v) is 2.89. The zero-order chi connectivity index (χ0) is 10.6. The number of thioether (sulfide) groups is 1. The van der Waals surface area contributed by atoms with Crippen LogP contribution in [-0.4, -0.2) is 35.2 Å². The van der Waals surface area contributed by atoms with Crippen LogP contribution in [0.15, 0.2) is 10.7 Å². The average Bonchev–Trinajstić information content (AvgIpc) is 2.65. The summed E-state index contributed by atoms with van der Waals surface area (Å²) >= 11 is 1.78. The van der Waals surface area contributed by atoms with Crippen molar-refractivity contribution in [1.29, 1.82) is 0 Å². The fourth-order valence-electron chi connectivity index (χ4n) is 1.07. The van der Waals surface area contributed by atoms with Gasteiger partial charge in [0.25, 0.3) is 6.01 Å². The summed E-state index contributed by atoms with van der Waals surface area (Å²) in [7, 11) is 1.94. The van der Waals surface area contributed by atoms with Gasteiger partial charge in [-0.2, -0.15) is 16.7 Å². The molecule has 0 radical (unpaired) electrons. The molecule has 14 heavy (non-hydrogen) atoms. The van der Waals surface area contributed by atoms with E-state index in [2.05, 4.69) is 18.2 Å². The lowest BCUT2D eigenvalue weighted by Crippen LogP contribution is -2.31. The average molecular weight is 216 g/mol. The molecule has 1 N–H and O–H groups in total. The quantitative estimate of drug-likeness (QED) is 0.805. The summed E-state index contributed by atoms with van der Waals surface area (Å²) < 4.78 is 5.23. The third kappa shape index (κ3) is 2.65. The Balaban J connectivity index is 2.63. The second-order valence-electron chi connectivity index (χ2n) is 3.19. The van der Waals surface area contributed by atoms with E-state index in [0.29, 0.717) is 17.8 Å². The lowest BCUT2D eigenvalue weighted by atomic mass is 10.4. The van der Waals surface area contributed by atoms with Crippen molar-refractivity contribution in [3.05, 3.63) is 12.0 Å². The Labute approximate surface area is 88.3 Å². The molecule has 0 bridgehead atoms. The third-order valence-electron chi connectivity index (χ3n) is 2.07. The summed E-state index contributed by atoms with van der Waals surface area (Å²) in [4.78, 5) is 6.10. The lowest BCUT2D eigenvalue weighted by molar-refractivity contribution is 0.276. The van der Waals surface area contributed by atoms with Gasteiger partial charge in [-0.25, -0.2) is 0 Å². The van der Waals surface area contributed by atoms with Crippen molar-refractivity contribution in [1.82, 2.24) is 4.98 Å². The van der Waals surface area contributed by atoms with Gasteiger partial charge in [-0.1, -0.05) is 0 Å². The standard InChI is InChI=1S/C9H16N2O2S/c1-7(6-14-3)11(2)9-10-8(4-12)5-13-9/h5,7,12H,4,6H2,1-3H3. The Hall–Kier alpha value is -0.680. The second kappa shape index (κ2) is 5.26. The molecule has 0 saturated carbocycles. The highest BCUT2D eigenvalue weighted by molar-refractivity contribution is 7.98. The molecule has 1 aromatic heterocycles. The molecule has 0 aliphatic rings. The van der Waals surface area contributed by atoms with Gasteiger partial charge in [0.1, 0.15) is 12.0 Å². The second-order valence-corrected chi connectivity index (χ2v) is 4.11. The van der Waals surface area contributed by atoms with Crippen molar-refractivity contribution in [2.24, 2.45) is 0 Å². The first kappa shape index (κ1) is 11.4. The van der Waals surface area contributed by atoms with Crippen molar-refractivity contribution >= 4 is 17.8 Å². The van der Waals surface area contributed by atoms with Crippen LogP contribution in [0.2, 0.25) is 0 Å². The van der Waals surface area contributed by atoms with E-state index >= 15 is 0 Å². The number of hydrogen-bond donors (Lipinski definition) is 1. The Kier molecular flexibility index (Phi) is 4.28. The van der Waals surface area contributed by atoms with Crippen LogP contribution in [0.25, 0.3) is 0 Å². The molecule has 0 amide bonds. The van der Waals surface area contributed by atoms with Crippen LogP contribution >= 0.6 is 11.8 Å². The van der Waals surface area contributed by atoms with Crippen molar-refractivity contribution in [2.75, 3.05) is 24.0 Å². The van der Waals surface area contributed by atoms with Crippen LogP contribution in [0, 0.1) is 0 Å². The Morgan fingerprint density at radius 2 is 2.43 bits per heavy atom. The number of nitrogens with zero attached hydrogens (tertiary/aromatic N) is 2. The van der Waals surface area contributed by atoms with Crippen molar-refractivity contribution in [3.63, 3.8) is 0 Å². The van der Waals surface area contributed by atoms with Crippen molar-refractivity contribution < 1.29 is 9.52 Å². The minimum absolute atomic E-state index is 0.0752. The van der Waals surface area contributed by atoms with Crippen LogP contribution in [0.4, 0.5) is 6.01 Å². The summed E-state index contributed by atoms with van der Waals surface area (Å²) in [5.41, 5.74) is 0.572. The first-order chi connectivity index (χ1) is 6.69. The molecule has 0 fully saturated rings. The van der Waals surface area contributed by atoms with E-state index in [1.165, 1.54) is 6.26 Å². The SMILES string of the molecule is CSCC(C)N(C)c1nc(CO)co1. The first-order valence-electron chi connectivity index (χ1n) is 4.46. The van der Waals surface area contributed by atoms with E-state index in [1.54, 1.807) is 11.8 Å². The maximum absolute atomic E-state index is 8.83. The van der Waals surface area contributed by atoms with Gasteiger partial charge in [0.15, 0.2) is 0 Å². The molecule has 4 nitrogen and oxygen atoms in total. The molecule has 0 aliphatic heterocycles. The van der Waals surface area contributed by atoms with E-state index in [0.717, 1.165) is 5.75 Å². The minimum Gasteiger partial charge on any atom is -0.432 e. The fraction of sp³-hybridized carbons (Fsp3) is 0.667. The highest BCUT2D eigenvalue weighted by atomic mass is 32.2. The monoisotopic (exact) mass is 216 g/mol. The molecule has 0 saturated heterocycles. The van der Waals surface area contributed by atoms with Crippen LogP contribution in [0.1, 0.15) is 12.6 Å². The normalized spacial score (nSPS) is 12.9. The fourth-order valence-corrected chi connectivity index (χ4v) is 1.78. The van der Waals surface area contributed by atoms with Crippen LogP contribution < -0.4 is 4.90 Å². The minimum atomic E-state index is -0.0752. The molecule has 1 aromatic rings. The zero-order valence-electron chi connectivity index (χ0n) is 8.73. The molecule has 5 heteroatoms. The topological polar surface area (TPSA) is 49.5 Å². The van der Waals surface area contributed by atoms with E-state index < -0.39 is 0 Å². The smallest absolute Gasteiger partial charge is 0.297 e. The van der Waals surface area contributed by atoms with Crippen LogP contribution in [0.5, 0.6) is 0 Å². The number of anilines is 1. The van der Waals surface area contributed by atoms with Gasteiger partial charge in [-0.15, -0.1) is 0 Å². The molecule has 1 atom stereocenters. The summed E-state index contributed by atoms with van der Waals surface area (Å²) in [6.45, 7) is 2.04. The highest BCUT2D eigenvalue weighted by Gasteiger charge is 2.14. The van der Waals surface area contributed by atoms with Gasteiger partial charge in [0.05, 0.1) is 6.61 Å². The summed E-state index contributed by atoms with van der Waals surface area (Å²) in [5.74, 6) is 1.02. The summed E-state index contributed by atoms with van der Waals surface area (Å²) in [5, 5.41) is 8.83. The number of aromatic nitrogens is 1. The molecular weight excluding hydrogens is 200 g/mol. The highest BCUT2D eigenvalue weighted by Crippen LogP contribution is 2.16.